The van der Waals surface area contributed by atoms with Crippen molar-refractivity contribution < 1.29 is 9.18 Å². The van der Waals surface area contributed by atoms with Crippen molar-refractivity contribution in [3.63, 3.8) is 0 Å². The number of aromatic nitrogens is 1. The SMILES string of the molecule is CC.O=C(c1cc(Br)sn1)N1CCCC1c1ccc(F)cc1. The molecule has 0 radical (unpaired) electrons. The zero-order chi connectivity index (χ0) is 16.1. The van der Waals surface area contributed by atoms with Crippen LogP contribution in [0.25, 0.3) is 0 Å². The van der Waals surface area contributed by atoms with Gasteiger partial charge < -0.3 is 4.90 Å². The Hall–Kier alpha value is -1.27. The number of nitrogens with zero attached hydrogens (tertiary/aromatic N) is 2. The van der Waals surface area contributed by atoms with E-state index in [1.807, 2.05) is 18.7 Å². The summed E-state index contributed by atoms with van der Waals surface area (Å²) in [6.45, 7) is 4.72. The topological polar surface area (TPSA) is 33.2 Å². The van der Waals surface area contributed by atoms with E-state index in [1.54, 1.807) is 18.2 Å². The Labute approximate surface area is 142 Å². The van der Waals surface area contributed by atoms with E-state index < -0.39 is 0 Å². The van der Waals surface area contributed by atoms with E-state index in [0.29, 0.717) is 5.69 Å². The largest absolute Gasteiger partial charge is 0.330 e. The minimum Gasteiger partial charge on any atom is -0.330 e. The van der Waals surface area contributed by atoms with Gasteiger partial charge in [0.2, 0.25) is 0 Å². The second-order valence-electron chi connectivity index (χ2n) is 4.72. The highest BCUT2D eigenvalue weighted by molar-refractivity contribution is 9.11. The molecule has 2 heterocycles. The quantitative estimate of drug-likeness (QED) is 0.725. The molecule has 1 fully saturated rings. The molecule has 3 nitrogen and oxygen atoms in total. The van der Waals surface area contributed by atoms with Crippen molar-refractivity contribution in [2.45, 2.75) is 32.7 Å². The predicted molar refractivity (Wildman–Crippen MR) is 90.6 cm³/mol. The van der Waals surface area contributed by atoms with Crippen LogP contribution < -0.4 is 0 Å². The Balaban J connectivity index is 0.000000847. The molecule has 1 saturated heterocycles. The first-order valence-corrected chi connectivity index (χ1v) is 8.90. The molecule has 118 valence electrons. The number of hydrogen-bond donors (Lipinski definition) is 0. The first-order chi connectivity index (χ1) is 10.6. The highest BCUT2D eigenvalue weighted by Crippen LogP contribution is 2.33. The van der Waals surface area contributed by atoms with Crippen LogP contribution in [0, 0.1) is 5.82 Å². The third-order valence-electron chi connectivity index (χ3n) is 3.47. The molecule has 3 rings (SSSR count). The third-order valence-corrected chi connectivity index (χ3v) is 4.71. The minimum atomic E-state index is -0.256. The first-order valence-electron chi connectivity index (χ1n) is 7.34. The molecule has 1 unspecified atom stereocenters. The van der Waals surface area contributed by atoms with Crippen LogP contribution in [0.1, 0.15) is 48.8 Å². The molecule has 1 atom stereocenters. The Kier molecular flexibility index (Phi) is 6.08. The molecule has 0 saturated carbocycles. The van der Waals surface area contributed by atoms with Gasteiger partial charge in [-0.05, 0) is 64.1 Å². The molecule has 0 spiro atoms. The van der Waals surface area contributed by atoms with E-state index in [-0.39, 0.29) is 17.8 Å². The molecule has 0 bridgehead atoms. The second kappa shape index (κ2) is 7.83. The Bertz CT molecular complexity index is 629. The monoisotopic (exact) mass is 384 g/mol. The zero-order valence-electron chi connectivity index (χ0n) is 12.6. The fourth-order valence-electron chi connectivity index (χ4n) is 2.54. The van der Waals surface area contributed by atoms with Gasteiger partial charge in [0.05, 0.1) is 9.83 Å². The minimum absolute atomic E-state index is 0.0172. The number of hydrogen-bond acceptors (Lipinski definition) is 3. The molecule has 0 aliphatic carbocycles. The van der Waals surface area contributed by atoms with E-state index in [1.165, 1.54) is 23.7 Å². The summed E-state index contributed by atoms with van der Waals surface area (Å²) in [6.07, 6.45) is 1.86. The molecule has 1 aliphatic heterocycles. The lowest BCUT2D eigenvalue weighted by Crippen LogP contribution is -2.30. The summed E-state index contributed by atoms with van der Waals surface area (Å²) < 4.78 is 18.0. The summed E-state index contributed by atoms with van der Waals surface area (Å²) in [5.41, 5.74) is 1.45. The molecular weight excluding hydrogens is 367 g/mol. The van der Waals surface area contributed by atoms with Crippen molar-refractivity contribution in [2.24, 2.45) is 0 Å². The van der Waals surface area contributed by atoms with Crippen LogP contribution in [0.5, 0.6) is 0 Å². The van der Waals surface area contributed by atoms with Gasteiger partial charge in [-0.1, -0.05) is 26.0 Å². The van der Waals surface area contributed by atoms with Crippen molar-refractivity contribution in [1.29, 1.82) is 0 Å². The smallest absolute Gasteiger partial charge is 0.274 e. The van der Waals surface area contributed by atoms with Crippen LogP contribution in [0.3, 0.4) is 0 Å². The van der Waals surface area contributed by atoms with Gasteiger partial charge in [-0.2, -0.15) is 4.37 Å². The molecule has 6 heteroatoms. The number of carbonyl (C=O) groups is 1. The van der Waals surface area contributed by atoms with E-state index in [4.69, 9.17) is 0 Å². The molecule has 0 N–H and O–H groups in total. The molecule has 1 amide bonds. The second-order valence-corrected chi connectivity index (χ2v) is 6.91. The van der Waals surface area contributed by atoms with E-state index in [9.17, 15) is 9.18 Å². The van der Waals surface area contributed by atoms with Gasteiger partial charge in [-0.15, -0.1) is 0 Å². The Morgan fingerprint density at radius 2 is 2.05 bits per heavy atom. The summed E-state index contributed by atoms with van der Waals surface area (Å²) in [5.74, 6) is -0.313. The van der Waals surface area contributed by atoms with E-state index in [2.05, 4.69) is 20.3 Å². The first kappa shape index (κ1) is 17.1. The Morgan fingerprint density at radius 3 is 2.64 bits per heavy atom. The zero-order valence-corrected chi connectivity index (χ0v) is 15.0. The van der Waals surface area contributed by atoms with Crippen molar-refractivity contribution in [3.05, 3.63) is 51.2 Å². The van der Waals surface area contributed by atoms with Crippen molar-refractivity contribution in [3.8, 4) is 0 Å². The maximum atomic E-state index is 13.0. The van der Waals surface area contributed by atoms with Gasteiger partial charge in [0.15, 0.2) is 0 Å². The third kappa shape index (κ3) is 3.73. The molecule has 1 aliphatic rings. The highest BCUT2D eigenvalue weighted by atomic mass is 79.9. The summed E-state index contributed by atoms with van der Waals surface area (Å²) >= 11 is 4.58. The Morgan fingerprint density at radius 1 is 1.36 bits per heavy atom. The lowest BCUT2D eigenvalue weighted by atomic mass is 10.0. The average Bonchev–Trinajstić information content (AvgIpc) is 3.18. The lowest BCUT2D eigenvalue weighted by Gasteiger charge is -2.24. The van der Waals surface area contributed by atoms with Crippen molar-refractivity contribution >= 4 is 33.4 Å². The normalized spacial score (nSPS) is 17.1. The number of benzene rings is 1. The van der Waals surface area contributed by atoms with Gasteiger partial charge >= 0.3 is 0 Å². The van der Waals surface area contributed by atoms with E-state index in [0.717, 1.165) is 28.7 Å². The summed E-state index contributed by atoms with van der Waals surface area (Å²) in [4.78, 5) is 14.3. The number of halogens is 2. The van der Waals surface area contributed by atoms with Gasteiger partial charge in [0.1, 0.15) is 11.5 Å². The fraction of sp³-hybridized carbons (Fsp3) is 0.375. The molecule has 22 heavy (non-hydrogen) atoms. The van der Waals surface area contributed by atoms with Gasteiger partial charge in [0, 0.05) is 6.54 Å². The average molecular weight is 385 g/mol. The van der Waals surface area contributed by atoms with Crippen LogP contribution in [-0.2, 0) is 0 Å². The van der Waals surface area contributed by atoms with Crippen molar-refractivity contribution in [1.82, 2.24) is 9.27 Å². The number of amides is 1. The molecule has 2 aromatic rings. The summed E-state index contributed by atoms with van der Waals surface area (Å²) in [7, 11) is 0. The number of rotatable bonds is 2. The molecular formula is C16H18BrFN2OS. The summed E-state index contributed by atoms with van der Waals surface area (Å²) in [5, 5.41) is 0. The van der Waals surface area contributed by atoms with Gasteiger partial charge in [0.25, 0.3) is 5.91 Å². The van der Waals surface area contributed by atoms with Crippen LogP contribution in [-0.4, -0.2) is 21.7 Å². The number of carbonyl (C=O) groups excluding carboxylic acids is 1. The lowest BCUT2D eigenvalue weighted by molar-refractivity contribution is 0.0731. The number of likely N-dealkylation sites (tertiary alicyclic amines) is 1. The maximum Gasteiger partial charge on any atom is 0.274 e. The van der Waals surface area contributed by atoms with Crippen LogP contribution in [0.4, 0.5) is 4.39 Å². The van der Waals surface area contributed by atoms with E-state index >= 15 is 0 Å². The van der Waals surface area contributed by atoms with Crippen LogP contribution >= 0.6 is 27.5 Å². The maximum absolute atomic E-state index is 13.0. The predicted octanol–water partition coefficient (Wildman–Crippen LogP) is 5.05. The van der Waals surface area contributed by atoms with Crippen LogP contribution in [0.2, 0.25) is 0 Å². The molecule has 1 aromatic carbocycles. The summed E-state index contributed by atoms with van der Waals surface area (Å²) in [6, 6.07) is 8.15. The van der Waals surface area contributed by atoms with Crippen LogP contribution in [0.15, 0.2) is 34.1 Å². The van der Waals surface area contributed by atoms with Crippen molar-refractivity contribution in [2.75, 3.05) is 6.54 Å². The molecule has 1 aromatic heterocycles. The van der Waals surface area contributed by atoms with Gasteiger partial charge in [-0.3, -0.25) is 4.79 Å². The standard InChI is InChI=1S/C14H12BrFN2OS.C2H6/c15-13-8-11(17-20-13)14(19)18-7-1-2-12(18)9-3-5-10(16)6-4-9;1-2/h3-6,8,12H,1-2,7H2;1-2H3. The fourth-order valence-corrected chi connectivity index (χ4v) is 3.46. The van der Waals surface area contributed by atoms with Gasteiger partial charge in [-0.25, -0.2) is 4.39 Å². The highest BCUT2D eigenvalue weighted by Gasteiger charge is 2.31.